The maximum absolute atomic E-state index is 12.5. The van der Waals surface area contributed by atoms with Gasteiger partial charge in [0, 0.05) is 30.2 Å². The molecule has 0 saturated carbocycles. The zero-order valence-corrected chi connectivity index (χ0v) is 14.2. The number of thiazole rings is 1. The van der Waals surface area contributed by atoms with Crippen LogP contribution in [-0.4, -0.2) is 59.8 Å². The van der Waals surface area contributed by atoms with Crippen molar-refractivity contribution in [3.8, 4) is 0 Å². The van der Waals surface area contributed by atoms with Crippen molar-refractivity contribution in [2.24, 2.45) is 4.99 Å². The molecule has 3 heterocycles. The van der Waals surface area contributed by atoms with E-state index in [0.29, 0.717) is 22.1 Å². The second-order valence-electron chi connectivity index (χ2n) is 5.44. The van der Waals surface area contributed by atoms with E-state index >= 15 is 0 Å². The molecule has 0 bridgehead atoms. The van der Waals surface area contributed by atoms with Gasteiger partial charge in [-0.1, -0.05) is 0 Å². The predicted octanol–water partition coefficient (Wildman–Crippen LogP) is 1.18. The van der Waals surface area contributed by atoms with Crippen LogP contribution < -0.4 is 5.32 Å². The zero-order valence-electron chi connectivity index (χ0n) is 13.4. The van der Waals surface area contributed by atoms with Crippen molar-refractivity contribution < 1.29 is 23.1 Å². The van der Waals surface area contributed by atoms with E-state index in [1.54, 1.807) is 23.4 Å². The summed E-state index contributed by atoms with van der Waals surface area (Å²) in [6.45, 7) is 2.31. The second kappa shape index (κ2) is 7.26. The summed E-state index contributed by atoms with van der Waals surface area (Å²) in [5.74, 6) is -1.23. The molecule has 0 spiro atoms. The first kappa shape index (κ1) is 17.5. The van der Waals surface area contributed by atoms with Gasteiger partial charge in [0.1, 0.15) is 0 Å². The smallest absolute Gasteiger partial charge is 0.337 e. The lowest BCUT2D eigenvalue weighted by molar-refractivity contribution is -0.138. The molecule has 10 heteroatoms. The normalized spacial score (nSPS) is 19.8. The minimum Gasteiger partial charge on any atom is -0.463 e. The summed E-state index contributed by atoms with van der Waals surface area (Å²) < 4.78 is 30.1. The van der Waals surface area contributed by atoms with Gasteiger partial charge in [-0.2, -0.15) is 8.78 Å². The van der Waals surface area contributed by atoms with Crippen molar-refractivity contribution in [1.82, 2.24) is 15.2 Å². The highest BCUT2D eigenvalue weighted by Gasteiger charge is 2.38. The molecule has 1 saturated heterocycles. The summed E-state index contributed by atoms with van der Waals surface area (Å²) in [5.41, 5.74) is 1.02. The molecule has 1 amide bonds. The Balaban J connectivity index is 1.88. The molecular weight excluding hydrogens is 354 g/mol. The molecule has 2 aliphatic heterocycles. The number of carbonyl (C=O) groups excluding carboxylic acids is 2. The van der Waals surface area contributed by atoms with Crippen LogP contribution in [-0.2, 0) is 14.3 Å². The third kappa shape index (κ3) is 3.53. The minimum absolute atomic E-state index is 0.134. The van der Waals surface area contributed by atoms with Crippen molar-refractivity contribution in [2.45, 2.75) is 25.8 Å². The van der Waals surface area contributed by atoms with E-state index in [4.69, 9.17) is 4.74 Å². The maximum Gasteiger partial charge on any atom is 0.337 e. The Morgan fingerprint density at radius 3 is 2.96 bits per heavy atom. The summed E-state index contributed by atoms with van der Waals surface area (Å²) in [4.78, 5) is 33.9. The number of hydrogen-bond acceptors (Lipinski definition) is 7. The van der Waals surface area contributed by atoms with Crippen LogP contribution in [0.15, 0.2) is 27.8 Å². The summed E-state index contributed by atoms with van der Waals surface area (Å²) in [7, 11) is 0. The lowest BCUT2D eigenvalue weighted by atomic mass is 10.1. The van der Waals surface area contributed by atoms with Crippen LogP contribution in [0.1, 0.15) is 18.4 Å². The highest BCUT2D eigenvalue weighted by atomic mass is 32.1. The van der Waals surface area contributed by atoms with E-state index < -0.39 is 24.3 Å². The van der Waals surface area contributed by atoms with Gasteiger partial charge in [-0.25, -0.2) is 9.78 Å². The lowest BCUT2D eigenvalue weighted by Gasteiger charge is -2.26. The average molecular weight is 370 g/mol. The highest BCUT2D eigenvalue weighted by molar-refractivity contribution is 7.11. The minimum atomic E-state index is -3.08. The molecule has 0 radical (unpaired) electrons. The SMILES string of the molecule is CCOC(=O)C1=C2C[C@H](NC(=O)C(F)F)CN2C(c2nccs2)=NC1. The lowest BCUT2D eigenvalue weighted by Crippen LogP contribution is -2.41. The van der Waals surface area contributed by atoms with Crippen LogP contribution in [0.2, 0.25) is 0 Å². The summed E-state index contributed by atoms with van der Waals surface area (Å²) in [6, 6.07) is -0.538. The zero-order chi connectivity index (χ0) is 18.0. The molecule has 1 fully saturated rings. The van der Waals surface area contributed by atoms with Crippen LogP contribution in [0.3, 0.4) is 0 Å². The fourth-order valence-electron chi connectivity index (χ4n) is 2.85. The molecule has 3 rings (SSSR count). The standard InChI is InChI=1S/C15H16F2N4O3S/c1-2-24-15(23)9-6-19-12(14-18-3-4-25-14)21-7-8(5-10(9)21)20-13(22)11(16)17/h3-4,8,11H,2,5-7H2,1H3,(H,20,22)/t8-/m0/s1. The number of aliphatic imine (C=N–C) groups is 1. The molecule has 1 atom stereocenters. The van der Waals surface area contributed by atoms with Crippen molar-refractivity contribution in [3.05, 3.63) is 27.9 Å². The predicted molar refractivity (Wildman–Crippen MR) is 86.4 cm³/mol. The average Bonchev–Trinajstić information content (AvgIpc) is 3.23. The fourth-order valence-corrected chi connectivity index (χ4v) is 3.50. The topological polar surface area (TPSA) is 83.9 Å². The molecule has 1 aromatic rings. The highest BCUT2D eigenvalue weighted by Crippen LogP contribution is 2.31. The largest absolute Gasteiger partial charge is 0.463 e. The van der Waals surface area contributed by atoms with Gasteiger partial charge in [-0.15, -0.1) is 11.3 Å². The summed E-state index contributed by atoms with van der Waals surface area (Å²) in [6.07, 6.45) is -1.18. The van der Waals surface area contributed by atoms with Gasteiger partial charge in [0.05, 0.1) is 24.8 Å². The van der Waals surface area contributed by atoms with Gasteiger partial charge in [-0.3, -0.25) is 9.79 Å². The number of amides is 1. The number of fused-ring (bicyclic) bond motifs is 1. The number of alkyl halides is 2. The Labute approximate surface area is 146 Å². The van der Waals surface area contributed by atoms with Crippen molar-refractivity contribution in [1.29, 1.82) is 0 Å². The molecular formula is C15H16F2N4O3S. The van der Waals surface area contributed by atoms with Crippen LogP contribution in [0.5, 0.6) is 0 Å². The van der Waals surface area contributed by atoms with Gasteiger partial charge in [0.15, 0.2) is 10.8 Å². The first-order chi connectivity index (χ1) is 12.0. The Morgan fingerprint density at radius 1 is 1.52 bits per heavy atom. The number of rotatable bonds is 5. The third-order valence-corrected chi connectivity index (χ3v) is 4.62. The molecule has 0 aromatic carbocycles. The number of aromatic nitrogens is 1. The molecule has 134 valence electrons. The van der Waals surface area contributed by atoms with Crippen molar-refractivity contribution in [3.63, 3.8) is 0 Å². The summed E-state index contributed by atoms with van der Waals surface area (Å²) >= 11 is 1.39. The number of esters is 1. The Bertz CT molecular complexity index is 733. The van der Waals surface area contributed by atoms with E-state index in [-0.39, 0.29) is 26.1 Å². The fraction of sp³-hybridized carbons (Fsp3) is 0.467. The number of nitrogens with zero attached hydrogens (tertiary/aromatic N) is 3. The molecule has 1 aromatic heterocycles. The van der Waals surface area contributed by atoms with E-state index in [0.717, 1.165) is 0 Å². The monoisotopic (exact) mass is 370 g/mol. The number of halogens is 2. The number of nitrogens with one attached hydrogen (secondary N) is 1. The van der Waals surface area contributed by atoms with Crippen molar-refractivity contribution >= 4 is 29.0 Å². The first-order valence-electron chi connectivity index (χ1n) is 7.70. The van der Waals surface area contributed by atoms with Gasteiger partial charge < -0.3 is 15.0 Å². The van der Waals surface area contributed by atoms with Crippen LogP contribution in [0.25, 0.3) is 0 Å². The third-order valence-electron chi connectivity index (χ3n) is 3.85. The number of carbonyl (C=O) groups is 2. The Kier molecular flexibility index (Phi) is 5.07. The molecule has 0 unspecified atom stereocenters. The Hall–Kier alpha value is -2.36. The molecule has 2 aliphatic rings. The van der Waals surface area contributed by atoms with Crippen LogP contribution >= 0.6 is 11.3 Å². The van der Waals surface area contributed by atoms with Gasteiger partial charge in [0.25, 0.3) is 5.91 Å². The number of amidine groups is 1. The molecule has 0 aliphatic carbocycles. The van der Waals surface area contributed by atoms with E-state index in [1.807, 2.05) is 0 Å². The number of hydrogen-bond donors (Lipinski definition) is 1. The van der Waals surface area contributed by atoms with Crippen molar-refractivity contribution in [2.75, 3.05) is 19.7 Å². The Morgan fingerprint density at radius 2 is 2.32 bits per heavy atom. The van der Waals surface area contributed by atoms with E-state index in [9.17, 15) is 18.4 Å². The second-order valence-corrected chi connectivity index (χ2v) is 6.34. The van der Waals surface area contributed by atoms with Gasteiger partial charge in [0.2, 0.25) is 0 Å². The molecule has 25 heavy (non-hydrogen) atoms. The molecule has 7 nitrogen and oxygen atoms in total. The maximum atomic E-state index is 12.5. The van der Waals surface area contributed by atoms with E-state index in [2.05, 4.69) is 15.3 Å². The summed E-state index contributed by atoms with van der Waals surface area (Å²) in [5, 5.41) is 4.77. The first-order valence-corrected chi connectivity index (χ1v) is 8.58. The van der Waals surface area contributed by atoms with Crippen LogP contribution in [0, 0.1) is 0 Å². The number of ether oxygens (including phenoxy) is 1. The molecule has 1 N–H and O–H groups in total. The van der Waals surface area contributed by atoms with Gasteiger partial charge >= 0.3 is 12.4 Å². The van der Waals surface area contributed by atoms with Crippen LogP contribution in [0.4, 0.5) is 8.78 Å². The quantitative estimate of drug-likeness (QED) is 0.787. The van der Waals surface area contributed by atoms with Gasteiger partial charge in [-0.05, 0) is 6.92 Å². The van der Waals surface area contributed by atoms with E-state index in [1.165, 1.54) is 11.3 Å².